The molecule has 49 heavy (non-hydrogen) atoms. The average Bonchev–Trinajstić information content (AvgIpc) is 4.08. The van der Waals surface area contributed by atoms with Gasteiger partial charge in [-0.25, -0.2) is 0 Å². The molecule has 0 spiro atoms. The van der Waals surface area contributed by atoms with Crippen molar-refractivity contribution in [1.82, 2.24) is 0 Å². The Morgan fingerprint density at radius 3 is 1.16 bits per heavy atom. The molecule has 2 aliphatic rings. The zero-order valence-corrected chi connectivity index (χ0v) is 30.1. The van der Waals surface area contributed by atoms with Crippen molar-refractivity contribution in [2.75, 3.05) is 47.3 Å². The van der Waals surface area contributed by atoms with E-state index in [0.29, 0.717) is 19.8 Å². The van der Waals surface area contributed by atoms with Gasteiger partial charge >= 0.3 is 0 Å². The van der Waals surface area contributed by atoms with Crippen LogP contribution < -0.4 is 18.9 Å². The van der Waals surface area contributed by atoms with Gasteiger partial charge < -0.3 is 33.2 Å². The number of hydrogen-bond acceptors (Lipinski definition) is 7. The largest absolute Gasteiger partial charge is 0.497 e. The molecule has 0 radical (unpaired) electrons. The summed E-state index contributed by atoms with van der Waals surface area (Å²) in [6.07, 6.45) is 1.64. The number of ether oxygens (including phenoxy) is 7. The smallest absolute Gasteiger partial charge is 0.119 e. The van der Waals surface area contributed by atoms with Crippen LogP contribution in [-0.4, -0.2) is 65.6 Å². The summed E-state index contributed by atoms with van der Waals surface area (Å²) >= 11 is 0. The van der Waals surface area contributed by atoms with Crippen molar-refractivity contribution in [1.29, 1.82) is 0 Å². The molecule has 2 aliphatic heterocycles. The van der Waals surface area contributed by atoms with E-state index in [1.165, 1.54) is 22.3 Å². The Morgan fingerprint density at radius 1 is 0.551 bits per heavy atom. The third kappa shape index (κ3) is 10.2. The predicted octanol–water partition coefficient (Wildman–Crippen LogP) is 8.39. The summed E-state index contributed by atoms with van der Waals surface area (Å²) < 4.78 is 38.2. The van der Waals surface area contributed by atoms with Crippen LogP contribution >= 0.6 is 0 Å². The van der Waals surface area contributed by atoms with E-state index in [9.17, 15) is 0 Å². The van der Waals surface area contributed by atoms with Crippen LogP contribution in [0.25, 0.3) is 0 Å². The van der Waals surface area contributed by atoms with E-state index in [-0.39, 0.29) is 29.1 Å². The van der Waals surface area contributed by atoms with E-state index in [2.05, 4.69) is 83.1 Å². The van der Waals surface area contributed by atoms with Crippen molar-refractivity contribution in [3.63, 3.8) is 0 Å². The molecule has 4 aromatic carbocycles. The Hall–Kier alpha value is -4.04. The van der Waals surface area contributed by atoms with Gasteiger partial charge in [0.2, 0.25) is 0 Å². The minimum absolute atomic E-state index is 0.0651. The van der Waals surface area contributed by atoms with Crippen LogP contribution in [0.2, 0.25) is 0 Å². The Labute approximate surface area is 292 Å². The van der Waals surface area contributed by atoms with Crippen molar-refractivity contribution in [3.8, 4) is 23.0 Å². The number of benzene rings is 4. The summed E-state index contributed by atoms with van der Waals surface area (Å²) in [5.41, 5.74) is 4.84. The van der Waals surface area contributed by atoms with Crippen molar-refractivity contribution in [2.45, 2.75) is 70.2 Å². The van der Waals surface area contributed by atoms with Crippen LogP contribution in [-0.2, 0) is 25.0 Å². The molecule has 6 rings (SSSR count). The van der Waals surface area contributed by atoms with Gasteiger partial charge in [-0.15, -0.1) is 0 Å². The molecular formula is C42H52O7. The Bertz CT molecular complexity index is 1550. The van der Waals surface area contributed by atoms with Crippen LogP contribution in [0.3, 0.4) is 0 Å². The van der Waals surface area contributed by atoms with E-state index in [1.54, 1.807) is 14.2 Å². The fourth-order valence-electron chi connectivity index (χ4n) is 5.49. The SMILES string of the molecule is CCC(COc1ccc(C(C)(C)c2ccc(OCC3CO3)cc2)cc1)OC.COc1ccc(C(C)(C)c2ccc(OCC3CO3)cc2)cc1. The molecule has 2 heterocycles. The first-order valence-electron chi connectivity index (χ1n) is 17.2. The summed E-state index contributed by atoms with van der Waals surface area (Å²) in [5.74, 6) is 3.53. The molecule has 262 valence electrons. The maximum atomic E-state index is 5.84. The highest BCUT2D eigenvalue weighted by atomic mass is 16.6. The van der Waals surface area contributed by atoms with Gasteiger partial charge in [-0.2, -0.15) is 0 Å². The fourth-order valence-corrected chi connectivity index (χ4v) is 5.49. The van der Waals surface area contributed by atoms with Crippen molar-refractivity contribution < 1.29 is 33.2 Å². The van der Waals surface area contributed by atoms with Gasteiger partial charge in [-0.05, 0) is 77.2 Å². The zero-order valence-electron chi connectivity index (χ0n) is 30.1. The second kappa shape index (κ2) is 16.6. The Balaban J connectivity index is 0.000000195. The summed E-state index contributed by atoms with van der Waals surface area (Å²) in [5, 5.41) is 0. The molecule has 2 saturated heterocycles. The van der Waals surface area contributed by atoms with Crippen LogP contribution in [0.5, 0.6) is 23.0 Å². The maximum absolute atomic E-state index is 5.84. The summed E-state index contributed by atoms with van der Waals surface area (Å²) in [7, 11) is 3.41. The van der Waals surface area contributed by atoms with Gasteiger partial charge in [0.1, 0.15) is 55.0 Å². The quantitative estimate of drug-likeness (QED) is 0.111. The van der Waals surface area contributed by atoms with E-state index < -0.39 is 0 Å². The van der Waals surface area contributed by atoms with Crippen LogP contribution in [0.1, 0.15) is 63.3 Å². The third-order valence-corrected chi connectivity index (χ3v) is 9.44. The monoisotopic (exact) mass is 668 g/mol. The van der Waals surface area contributed by atoms with E-state index in [0.717, 1.165) is 42.6 Å². The minimum atomic E-state index is -0.102. The number of hydrogen-bond donors (Lipinski definition) is 0. The molecule has 0 N–H and O–H groups in total. The van der Waals surface area contributed by atoms with Gasteiger partial charge in [0.05, 0.1) is 26.4 Å². The van der Waals surface area contributed by atoms with E-state index >= 15 is 0 Å². The standard InChI is InChI=1S/C23H30O4.C19H22O3/c1-5-19(24-4)14-25-20-10-6-17(7-11-20)23(2,3)18-8-12-21(13-9-18)26-15-22-16-27-22;1-19(2,14-4-8-16(20-3)9-5-14)15-6-10-17(11-7-15)21-12-18-13-22-18/h6-13,19,22H,5,14-16H2,1-4H3;4-11,18H,12-13H2,1-3H3. The van der Waals surface area contributed by atoms with E-state index in [4.69, 9.17) is 33.2 Å². The van der Waals surface area contributed by atoms with Gasteiger partial charge in [-0.1, -0.05) is 83.1 Å². The molecule has 0 amide bonds. The van der Waals surface area contributed by atoms with E-state index in [1.807, 2.05) is 48.5 Å². The molecule has 2 fully saturated rings. The predicted molar refractivity (Wildman–Crippen MR) is 194 cm³/mol. The normalized spacial score (nSPS) is 17.3. The fraction of sp³-hybridized carbons (Fsp3) is 0.429. The number of methoxy groups -OCH3 is 2. The van der Waals surface area contributed by atoms with Gasteiger partial charge in [0, 0.05) is 17.9 Å². The lowest BCUT2D eigenvalue weighted by Gasteiger charge is -2.26. The first-order chi connectivity index (χ1) is 23.6. The topological polar surface area (TPSA) is 71.2 Å². The van der Waals surface area contributed by atoms with Crippen molar-refractivity contribution in [2.24, 2.45) is 0 Å². The highest BCUT2D eigenvalue weighted by molar-refractivity contribution is 5.43. The molecular weight excluding hydrogens is 616 g/mol. The van der Waals surface area contributed by atoms with Gasteiger partial charge in [-0.3, -0.25) is 0 Å². The molecule has 0 saturated carbocycles. The number of epoxide rings is 2. The molecule has 0 aliphatic carbocycles. The first kappa shape index (κ1) is 36.2. The molecule has 4 aromatic rings. The molecule has 7 heteroatoms. The second-order valence-corrected chi connectivity index (χ2v) is 13.7. The van der Waals surface area contributed by atoms with Crippen LogP contribution in [0, 0.1) is 0 Å². The molecule has 0 bridgehead atoms. The van der Waals surface area contributed by atoms with Gasteiger partial charge in [0.15, 0.2) is 0 Å². The first-order valence-corrected chi connectivity index (χ1v) is 17.2. The van der Waals surface area contributed by atoms with Gasteiger partial charge in [0.25, 0.3) is 0 Å². The lowest BCUT2D eigenvalue weighted by atomic mass is 9.78. The maximum Gasteiger partial charge on any atom is 0.119 e. The molecule has 3 atom stereocenters. The van der Waals surface area contributed by atoms with Crippen LogP contribution in [0.4, 0.5) is 0 Å². The summed E-state index contributed by atoms with van der Waals surface area (Å²) in [4.78, 5) is 0. The highest BCUT2D eigenvalue weighted by Crippen LogP contribution is 2.35. The molecule has 0 aromatic heterocycles. The number of rotatable bonds is 16. The summed E-state index contributed by atoms with van der Waals surface area (Å²) in [6, 6.07) is 33.3. The summed E-state index contributed by atoms with van der Waals surface area (Å²) in [6.45, 7) is 14.5. The molecule has 7 nitrogen and oxygen atoms in total. The minimum Gasteiger partial charge on any atom is -0.497 e. The lowest BCUT2D eigenvalue weighted by molar-refractivity contribution is 0.0556. The zero-order chi connectivity index (χ0) is 34.9. The lowest BCUT2D eigenvalue weighted by Crippen LogP contribution is -2.20. The Kier molecular flexibility index (Phi) is 12.3. The van der Waals surface area contributed by atoms with Crippen molar-refractivity contribution >= 4 is 0 Å². The molecule has 3 unspecified atom stereocenters. The Morgan fingerprint density at radius 2 is 0.878 bits per heavy atom. The van der Waals surface area contributed by atoms with Crippen molar-refractivity contribution in [3.05, 3.63) is 119 Å². The average molecular weight is 669 g/mol. The third-order valence-electron chi connectivity index (χ3n) is 9.44. The second-order valence-electron chi connectivity index (χ2n) is 13.7. The van der Waals surface area contributed by atoms with Crippen LogP contribution in [0.15, 0.2) is 97.1 Å². The highest BCUT2D eigenvalue weighted by Gasteiger charge is 2.26.